The number of aromatic nitrogens is 4. The molecule has 40 heteroatoms. The second kappa shape index (κ2) is 49.8. The molecule has 0 saturated carbocycles. The molecule has 39 nitrogen and oxygen atoms in total. The number of amides is 16. The van der Waals surface area contributed by atoms with Gasteiger partial charge in [0.15, 0.2) is 5.78 Å². The van der Waals surface area contributed by atoms with Crippen LogP contribution in [0.4, 0.5) is 0 Å². The number of ketones is 1. The highest BCUT2D eigenvalue weighted by Crippen LogP contribution is 2.26. The average molecular weight is 1820 g/mol. The van der Waals surface area contributed by atoms with Crippen molar-refractivity contribution in [2.45, 2.75) is 223 Å². The summed E-state index contributed by atoms with van der Waals surface area (Å²) in [5.41, 5.74) is 14.5. The summed E-state index contributed by atoms with van der Waals surface area (Å²) in [6.45, 7) is 9.03. The molecule has 6 aromatic rings. The number of fused-ring (bicyclic) bond motifs is 3. The van der Waals surface area contributed by atoms with Crippen LogP contribution in [0.3, 0.4) is 0 Å². The summed E-state index contributed by atoms with van der Waals surface area (Å²) in [6, 6.07) is 4.13. The first-order valence-corrected chi connectivity index (χ1v) is 45.3. The van der Waals surface area contributed by atoms with Crippen LogP contribution in [0.1, 0.15) is 141 Å². The summed E-state index contributed by atoms with van der Waals surface area (Å²) >= 11 is 0.848. The van der Waals surface area contributed by atoms with Crippen LogP contribution in [0.2, 0.25) is 0 Å². The fraction of sp³-hybridized carbons (Fsp3) is 0.533. The fourth-order valence-corrected chi connectivity index (χ4v) is 16.7. The summed E-state index contributed by atoms with van der Waals surface area (Å²) in [5, 5.41) is 39.6. The summed E-state index contributed by atoms with van der Waals surface area (Å²) in [4.78, 5) is 267. The van der Waals surface area contributed by atoms with Gasteiger partial charge in [-0.25, -0.2) is 4.98 Å². The van der Waals surface area contributed by atoms with E-state index < -0.39 is 223 Å². The first-order chi connectivity index (χ1) is 62.0. The average Bonchev–Trinajstić information content (AvgIpc) is 1.35. The number of H-pyrrole nitrogens is 3. The third-order valence-electron chi connectivity index (χ3n) is 23.6. The highest BCUT2D eigenvalue weighted by atomic mass is 32.2. The minimum absolute atomic E-state index is 0.00728. The summed E-state index contributed by atoms with van der Waals surface area (Å²) in [5.74, 6) is -16.1. The number of aliphatic hydroxyl groups excluding tert-OH is 1. The Labute approximate surface area is 759 Å². The molecule has 0 unspecified atom stereocenters. The topological polar surface area (TPSA) is 559 Å². The minimum Gasteiger partial charge on any atom is -0.394 e. The largest absolute Gasteiger partial charge is 0.394 e. The highest BCUT2D eigenvalue weighted by Gasteiger charge is 2.44. The van der Waals surface area contributed by atoms with Gasteiger partial charge in [-0.05, 0) is 79.7 Å². The molecule has 0 radical (unpaired) electrons. The molecule has 16 amide bonds. The van der Waals surface area contributed by atoms with Crippen LogP contribution in [0, 0.1) is 11.8 Å². The Bertz CT molecular complexity index is 4950. The van der Waals surface area contributed by atoms with E-state index in [1.807, 2.05) is 13.8 Å². The number of benzene rings is 3. The van der Waals surface area contributed by atoms with Crippen LogP contribution in [-0.4, -0.2) is 301 Å². The Morgan fingerprint density at radius 1 is 0.562 bits per heavy atom. The van der Waals surface area contributed by atoms with Gasteiger partial charge in [-0.3, -0.25) is 86.8 Å². The Morgan fingerprint density at radius 3 is 1.71 bits per heavy atom. The number of hydrogen-bond acceptors (Lipinski definition) is 21. The number of Topliss-reactive ketones (excluding diaryl/α,β-unsaturated/α-hetero) is 1. The molecule has 0 aliphatic carbocycles. The van der Waals surface area contributed by atoms with Crippen LogP contribution in [-0.2, 0) is 107 Å². The van der Waals surface area contributed by atoms with Gasteiger partial charge >= 0.3 is 0 Å². The highest BCUT2D eigenvalue weighted by molar-refractivity contribution is 8.00. The number of unbranched alkanes of at least 4 members (excludes halogenated alkanes) is 2. The van der Waals surface area contributed by atoms with Crippen LogP contribution in [0.25, 0.3) is 21.8 Å². The molecule has 2 aliphatic rings. The number of carbonyl (C=O) groups is 17. The number of nitrogens with two attached hydrogens (primary N) is 2. The second-order valence-corrected chi connectivity index (χ2v) is 34.9. The number of nitrogens with zero attached hydrogens (tertiary/aromatic N) is 6. The molecule has 3 aromatic carbocycles. The molecule has 130 heavy (non-hydrogen) atoms. The van der Waals surface area contributed by atoms with Crippen LogP contribution < -0.4 is 64.6 Å². The second-order valence-electron chi connectivity index (χ2n) is 33.8. The zero-order valence-corrected chi connectivity index (χ0v) is 76.5. The summed E-state index contributed by atoms with van der Waals surface area (Å²) in [6.07, 6.45) is 7.09. The van der Waals surface area contributed by atoms with Gasteiger partial charge in [-0.1, -0.05) is 140 Å². The maximum Gasteiger partial charge on any atom is 0.245 e. The maximum atomic E-state index is 15.7. The molecule has 14 atom stereocenters. The lowest BCUT2D eigenvalue weighted by atomic mass is 9.96. The van der Waals surface area contributed by atoms with Gasteiger partial charge in [-0.15, -0.1) is 11.8 Å². The van der Waals surface area contributed by atoms with Gasteiger partial charge in [0, 0.05) is 112 Å². The van der Waals surface area contributed by atoms with Gasteiger partial charge < -0.3 is 104 Å². The van der Waals surface area contributed by atoms with Gasteiger partial charge in [0.25, 0.3) is 0 Å². The molecule has 5 heterocycles. The van der Waals surface area contributed by atoms with Crippen molar-refractivity contribution in [1.29, 1.82) is 0 Å². The quantitative estimate of drug-likeness (QED) is 0.0369. The predicted molar refractivity (Wildman–Crippen MR) is 485 cm³/mol. The van der Waals surface area contributed by atoms with Gasteiger partial charge in [0.1, 0.15) is 66.5 Å². The van der Waals surface area contributed by atoms with Crippen molar-refractivity contribution < 1.29 is 86.6 Å². The van der Waals surface area contributed by atoms with E-state index in [0.717, 1.165) is 21.6 Å². The van der Waals surface area contributed by atoms with E-state index in [9.17, 15) is 62.6 Å². The normalized spacial score (nSPS) is 24.2. The standard InChI is InChI=1S/C90H127N21O18S/c1-12-15-31-70-83(122)106-78(52(6)14-3)85(124)105-69(79(118)97-45-75(92)115)48-130-49-77(117)100-66(36-54-25-18-17-19-26-54)87(126)108(9)53(7)73(113)44-96-64(40-74(91)114)89(128)111-34-24-33-71(111)84(123)101-63(39-57-43-93-50-98-57)81(120)102-65(35-51(4)5)86(125)107(8)46-76(116)99-62(37-55-41-94-60-29-22-20-27-58(55)60)80(119)104-68(47-112)82(121)103-67(38-56-42-95-61-30-23-21-28-59(56)61)88(127)110(11)72(32-16-13-2)90(129)109(70)10/h17-23,25-30,41-43,50-53,62-72,78,94-96,112H,12-16,24,31-40,44-49H2,1-11H3,(H2,91,114)(H2,92,115)(H,93,98)(H,97,118)(H,99,116)(H,100,117)(H,101,123)(H,102,120)(H,103,121)(H,104,119)(H,105,124)(H,106,122)/t52-,53-,62-,63-,64-,65-,66-,67-,68-,69-,70-,71-,72-,78-/m0/s1. The van der Waals surface area contributed by atoms with E-state index in [2.05, 4.69) is 73.1 Å². The van der Waals surface area contributed by atoms with Crippen molar-refractivity contribution in [3.05, 3.63) is 126 Å². The van der Waals surface area contributed by atoms with Gasteiger partial charge in [-0.2, -0.15) is 0 Å². The van der Waals surface area contributed by atoms with Crippen molar-refractivity contribution in [2.24, 2.45) is 23.3 Å². The van der Waals surface area contributed by atoms with E-state index in [1.165, 1.54) is 62.3 Å². The summed E-state index contributed by atoms with van der Waals surface area (Å²) < 4.78 is 0. The molecule has 8 rings (SSSR count). The number of likely N-dealkylation sites (N-methyl/N-ethyl adjacent to an activating group) is 4. The van der Waals surface area contributed by atoms with E-state index in [1.54, 1.807) is 119 Å². The molecular weight excluding hydrogens is 1700 g/mol. The molecule has 0 bridgehead atoms. The number of imidazole rings is 1. The van der Waals surface area contributed by atoms with E-state index >= 15 is 24.0 Å². The first-order valence-electron chi connectivity index (χ1n) is 44.1. The van der Waals surface area contributed by atoms with Crippen molar-refractivity contribution in [2.75, 3.05) is 72.5 Å². The monoisotopic (exact) mass is 1820 g/mol. The Balaban J connectivity index is 1.16. The van der Waals surface area contributed by atoms with E-state index in [-0.39, 0.29) is 82.4 Å². The van der Waals surface area contributed by atoms with Gasteiger partial charge in [0.05, 0.1) is 56.8 Å². The molecule has 0 spiro atoms. The Kier molecular flexibility index (Phi) is 39.4. The Hall–Kier alpha value is -12.6. The van der Waals surface area contributed by atoms with Crippen molar-refractivity contribution in [3.8, 4) is 0 Å². The van der Waals surface area contributed by atoms with Crippen LogP contribution >= 0.6 is 11.8 Å². The first kappa shape index (κ1) is 103. The number of carbonyl (C=O) groups excluding carboxylic acids is 17. The zero-order valence-electron chi connectivity index (χ0n) is 75.7. The van der Waals surface area contributed by atoms with Crippen LogP contribution in [0.15, 0.2) is 104 Å². The number of rotatable bonds is 24. The number of primary amides is 2. The molecular formula is C90H127N21O18S. The lowest BCUT2D eigenvalue weighted by Crippen LogP contribution is -2.61. The fourth-order valence-electron chi connectivity index (χ4n) is 15.8. The SMILES string of the molecule is CCCC[C@H]1C(=O)N(C)[C@@H](CCCC)C(=O)N[C@@H]([C@@H](C)CC)C(=O)N[C@H](C(=O)NCC(N)=O)CSCC(=O)N[C@@H](Cc2ccccc2)C(=O)N(C)[C@@H](C)C(=O)CN[C@@H](CC(N)=O)C(=O)N2CCC[C@H]2C(=O)N[C@@H](Cc2cnc[nH]2)C(=O)N[C@@H](CC(C)C)C(=O)N(C)CC(=O)N[C@@H](Cc2c[nH]c3ccccc23)C(=O)N[C@@H](CO)C(=O)N[C@@H](Cc2c[nH]c3ccccc23)C(=O)N1C. The zero-order chi connectivity index (χ0) is 95.2. The maximum absolute atomic E-state index is 15.7. The van der Waals surface area contributed by atoms with Gasteiger partial charge in [0.2, 0.25) is 94.5 Å². The molecule has 2 fully saturated rings. The lowest BCUT2D eigenvalue weighted by Gasteiger charge is -2.37. The van der Waals surface area contributed by atoms with Crippen molar-refractivity contribution in [1.82, 2.24) is 97.6 Å². The number of nitrogens with one attached hydrogen (secondary N) is 13. The molecule has 706 valence electrons. The molecule has 2 saturated heterocycles. The lowest BCUT2D eigenvalue weighted by molar-refractivity contribution is -0.149. The summed E-state index contributed by atoms with van der Waals surface area (Å²) in [7, 11) is 5.39. The van der Waals surface area contributed by atoms with E-state index in [4.69, 9.17) is 11.5 Å². The number of aromatic amines is 3. The number of thioether (sulfide) groups is 1. The number of para-hydroxylation sites is 2. The molecule has 2 aliphatic heterocycles. The Morgan fingerprint density at radius 2 is 1.12 bits per heavy atom. The van der Waals surface area contributed by atoms with Crippen molar-refractivity contribution >= 4 is 134 Å². The number of hydrogen-bond donors (Lipinski definition) is 16. The molecule has 18 N–H and O–H groups in total. The third kappa shape index (κ3) is 29.0. The molecule has 3 aromatic heterocycles. The number of aliphatic hydroxyl groups is 1. The van der Waals surface area contributed by atoms with E-state index in [0.29, 0.717) is 69.9 Å². The van der Waals surface area contributed by atoms with Crippen LogP contribution in [0.5, 0.6) is 0 Å². The predicted octanol–water partition coefficient (Wildman–Crippen LogP) is -0.313. The third-order valence-corrected chi connectivity index (χ3v) is 24.6. The smallest absolute Gasteiger partial charge is 0.245 e. The minimum atomic E-state index is -1.83. The van der Waals surface area contributed by atoms with Crippen molar-refractivity contribution in [3.63, 3.8) is 0 Å².